The SMILES string of the molecule is O=C(CSc1cn(CCNC(=O)c2ccc(F)cc2)c2ccccc12)NCc1ccccc1. The van der Waals surface area contributed by atoms with Crippen LogP contribution in [-0.4, -0.2) is 28.7 Å². The molecule has 2 amide bonds. The number of nitrogens with one attached hydrogen (secondary N) is 2. The van der Waals surface area contributed by atoms with Gasteiger partial charge in [-0.25, -0.2) is 4.39 Å². The molecular formula is C26H24FN3O2S. The zero-order valence-corrected chi connectivity index (χ0v) is 18.8. The van der Waals surface area contributed by atoms with Gasteiger partial charge in [0.05, 0.1) is 5.75 Å². The Morgan fingerprint density at radius 3 is 2.39 bits per heavy atom. The number of para-hydroxylation sites is 1. The number of hydrogen-bond donors (Lipinski definition) is 2. The molecule has 0 spiro atoms. The molecule has 0 saturated carbocycles. The van der Waals surface area contributed by atoms with Crippen molar-refractivity contribution in [3.8, 4) is 0 Å². The minimum Gasteiger partial charge on any atom is -0.351 e. The first-order valence-electron chi connectivity index (χ1n) is 10.7. The fourth-order valence-electron chi connectivity index (χ4n) is 3.50. The normalized spacial score (nSPS) is 10.8. The lowest BCUT2D eigenvalue weighted by Crippen LogP contribution is -2.27. The van der Waals surface area contributed by atoms with Gasteiger partial charge in [0.2, 0.25) is 5.91 Å². The van der Waals surface area contributed by atoms with Crippen molar-refractivity contribution in [3.63, 3.8) is 0 Å². The molecule has 5 nitrogen and oxygen atoms in total. The Balaban J connectivity index is 1.34. The van der Waals surface area contributed by atoms with Crippen LogP contribution >= 0.6 is 11.8 Å². The third kappa shape index (κ3) is 6.02. The summed E-state index contributed by atoms with van der Waals surface area (Å²) in [5.41, 5.74) is 2.53. The van der Waals surface area contributed by atoms with Gasteiger partial charge in [-0.1, -0.05) is 48.5 Å². The van der Waals surface area contributed by atoms with Crippen molar-refractivity contribution in [2.24, 2.45) is 0 Å². The van der Waals surface area contributed by atoms with Crippen LogP contribution in [-0.2, 0) is 17.9 Å². The molecule has 3 aromatic carbocycles. The largest absolute Gasteiger partial charge is 0.351 e. The van der Waals surface area contributed by atoms with Crippen LogP contribution in [0.5, 0.6) is 0 Å². The Hall–Kier alpha value is -3.58. The molecule has 0 saturated heterocycles. The number of rotatable bonds is 9. The standard InChI is InChI=1S/C26H24FN3O2S/c27-21-12-10-20(11-13-21)26(32)28-14-15-30-17-24(22-8-4-5-9-23(22)30)33-18-25(31)29-16-19-6-2-1-3-7-19/h1-13,17H,14-16,18H2,(H,28,32)(H,29,31). The monoisotopic (exact) mass is 461 g/mol. The lowest BCUT2D eigenvalue weighted by Gasteiger charge is -2.07. The first kappa shape index (κ1) is 22.6. The minimum atomic E-state index is -0.371. The Bertz CT molecular complexity index is 1240. The van der Waals surface area contributed by atoms with Crippen LogP contribution in [0, 0.1) is 5.82 Å². The molecule has 0 aliphatic rings. The van der Waals surface area contributed by atoms with Crippen LogP contribution in [0.1, 0.15) is 15.9 Å². The Labute approximate surface area is 196 Å². The number of hydrogen-bond acceptors (Lipinski definition) is 3. The van der Waals surface area contributed by atoms with Crippen molar-refractivity contribution in [3.05, 3.63) is 102 Å². The third-order valence-electron chi connectivity index (χ3n) is 5.19. The fourth-order valence-corrected chi connectivity index (χ4v) is 4.42. The van der Waals surface area contributed by atoms with Gasteiger partial charge >= 0.3 is 0 Å². The molecule has 0 atom stereocenters. The van der Waals surface area contributed by atoms with Crippen molar-refractivity contribution in [2.75, 3.05) is 12.3 Å². The second-order valence-electron chi connectivity index (χ2n) is 7.52. The van der Waals surface area contributed by atoms with Gasteiger partial charge in [0.1, 0.15) is 5.82 Å². The summed E-state index contributed by atoms with van der Waals surface area (Å²) in [5, 5.41) is 6.89. The summed E-state index contributed by atoms with van der Waals surface area (Å²) < 4.78 is 15.1. The molecule has 1 aromatic heterocycles. The zero-order chi connectivity index (χ0) is 23.0. The van der Waals surface area contributed by atoms with Crippen LogP contribution in [0.15, 0.2) is 90.0 Å². The van der Waals surface area contributed by atoms with Crippen LogP contribution < -0.4 is 10.6 Å². The molecule has 33 heavy (non-hydrogen) atoms. The highest BCUT2D eigenvalue weighted by Crippen LogP contribution is 2.29. The first-order chi connectivity index (χ1) is 16.1. The van der Waals surface area contributed by atoms with Crippen molar-refractivity contribution in [1.82, 2.24) is 15.2 Å². The summed E-state index contributed by atoms with van der Waals surface area (Å²) >= 11 is 1.50. The number of carbonyl (C=O) groups is 2. The van der Waals surface area contributed by atoms with E-state index in [4.69, 9.17) is 0 Å². The molecule has 4 aromatic rings. The number of benzene rings is 3. The van der Waals surface area contributed by atoms with Crippen molar-refractivity contribution >= 4 is 34.5 Å². The van der Waals surface area contributed by atoms with E-state index >= 15 is 0 Å². The van der Waals surface area contributed by atoms with Gasteiger partial charge in [-0.15, -0.1) is 11.8 Å². The molecule has 2 N–H and O–H groups in total. The summed E-state index contributed by atoms with van der Waals surface area (Å²) in [6.45, 7) is 1.51. The van der Waals surface area contributed by atoms with E-state index in [1.165, 1.54) is 36.0 Å². The van der Waals surface area contributed by atoms with Gasteiger partial charge in [-0.3, -0.25) is 9.59 Å². The lowest BCUT2D eigenvalue weighted by molar-refractivity contribution is -0.118. The van der Waals surface area contributed by atoms with Crippen LogP contribution in [0.3, 0.4) is 0 Å². The number of halogens is 1. The van der Waals surface area contributed by atoms with E-state index < -0.39 is 0 Å². The second-order valence-corrected chi connectivity index (χ2v) is 8.53. The maximum Gasteiger partial charge on any atom is 0.251 e. The molecular weight excluding hydrogens is 437 g/mol. The van der Waals surface area contributed by atoms with E-state index in [1.807, 2.05) is 60.8 Å². The van der Waals surface area contributed by atoms with E-state index in [2.05, 4.69) is 15.2 Å². The third-order valence-corrected chi connectivity index (χ3v) is 6.23. The van der Waals surface area contributed by atoms with E-state index in [-0.39, 0.29) is 17.6 Å². The number of thioether (sulfide) groups is 1. The minimum absolute atomic E-state index is 0.0211. The molecule has 0 bridgehead atoms. The molecule has 0 radical (unpaired) electrons. The van der Waals surface area contributed by atoms with Gasteiger partial charge in [0, 0.05) is 47.2 Å². The van der Waals surface area contributed by atoms with E-state index in [0.717, 1.165) is 21.4 Å². The molecule has 7 heteroatoms. The van der Waals surface area contributed by atoms with Gasteiger partial charge < -0.3 is 15.2 Å². The van der Waals surface area contributed by atoms with Crippen molar-refractivity contribution < 1.29 is 14.0 Å². The lowest BCUT2D eigenvalue weighted by atomic mass is 10.2. The predicted molar refractivity (Wildman–Crippen MR) is 130 cm³/mol. The number of aromatic nitrogens is 1. The quantitative estimate of drug-likeness (QED) is 0.358. The average Bonchev–Trinajstić information content (AvgIpc) is 3.20. The van der Waals surface area contributed by atoms with E-state index in [0.29, 0.717) is 31.0 Å². The second kappa shape index (κ2) is 10.8. The van der Waals surface area contributed by atoms with Gasteiger partial charge in [-0.2, -0.15) is 0 Å². The van der Waals surface area contributed by atoms with Crippen LogP contribution in [0.2, 0.25) is 0 Å². The van der Waals surface area contributed by atoms with E-state index in [9.17, 15) is 14.0 Å². The molecule has 1 heterocycles. The maximum absolute atomic E-state index is 13.0. The molecule has 0 aliphatic carbocycles. The zero-order valence-electron chi connectivity index (χ0n) is 18.0. The molecule has 0 fully saturated rings. The number of nitrogens with zero attached hydrogens (tertiary/aromatic N) is 1. The van der Waals surface area contributed by atoms with Crippen molar-refractivity contribution in [2.45, 2.75) is 18.0 Å². The van der Waals surface area contributed by atoms with Gasteiger partial charge in [-0.05, 0) is 35.9 Å². The summed E-state index contributed by atoms with van der Waals surface area (Å²) in [6, 6.07) is 23.3. The topological polar surface area (TPSA) is 63.1 Å². The summed E-state index contributed by atoms with van der Waals surface area (Å²) in [6.07, 6.45) is 2.02. The Kier molecular flexibility index (Phi) is 7.42. The molecule has 0 unspecified atom stereocenters. The van der Waals surface area contributed by atoms with Gasteiger partial charge in [0.25, 0.3) is 5.91 Å². The average molecular weight is 462 g/mol. The first-order valence-corrected chi connectivity index (χ1v) is 11.6. The Morgan fingerprint density at radius 2 is 1.61 bits per heavy atom. The predicted octanol–water partition coefficient (Wildman–Crippen LogP) is 4.62. The highest BCUT2D eigenvalue weighted by Gasteiger charge is 2.11. The number of carbonyl (C=O) groups excluding carboxylic acids is 2. The number of fused-ring (bicyclic) bond motifs is 1. The van der Waals surface area contributed by atoms with Gasteiger partial charge in [0.15, 0.2) is 0 Å². The van der Waals surface area contributed by atoms with Crippen LogP contribution in [0.4, 0.5) is 4.39 Å². The smallest absolute Gasteiger partial charge is 0.251 e. The van der Waals surface area contributed by atoms with Crippen molar-refractivity contribution in [1.29, 1.82) is 0 Å². The van der Waals surface area contributed by atoms with E-state index in [1.54, 1.807) is 0 Å². The summed E-state index contributed by atoms with van der Waals surface area (Å²) in [4.78, 5) is 25.6. The Morgan fingerprint density at radius 1 is 0.879 bits per heavy atom. The summed E-state index contributed by atoms with van der Waals surface area (Å²) in [7, 11) is 0. The highest BCUT2D eigenvalue weighted by molar-refractivity contribution is 8.00. The molecule has 0 aliphatic heterocycles. The molecule has 4 rings (SSSR count). The molecule has 168 valence electrons. The fraction of sp³-hybridized carbons (Fsp3) is 0.154. The van der Waals surface area contributed by atoms with Crippen LogP contribution in [0.25, 0.3) is 10.9 Å². The summed E-state index contributed by atoms with van der Waals surface area (Å²) in [5.74, 6) is -0.310. The maximum atomic E-state index is 13.0. The number of amides is 2. The highest BCUT2D eigenvalue weighted by atomic mass is 32.2.